The van der Waals surface area contributed by atoms with Gasteiger partial charge in [-0.3, -0.25) is 9.78 Å². The van der Waals surface area contributed by atoms with Crippen molar-refractivity contribution in [3.63, 3.8) is 0 Å². The van der Waals surface area contributed by atoms with Crippen molar-refractivity contribution in [1.82, 2.24) is 9.97 Å². The van der Waals surface area contributed by atoms with Crippen molar-refractivity contribution < 1.29 is 0 Å². The van der Waals surface area contributed by atoms with Crippen LogP contribution in [-0.4, -0.2) is 9.97 Å². The van der Waals surface area contributed by atoms with Crippen molar-refractivity contribution in [2.75, 3.05) is 0 Å². The second kappa shape index (κ2) is 2.95. The van der Waals surface area contributed by atoms with E-state index in [1.807, 2.05) is 25.1 Å². The average Bonchev–Trinajstić information content (AvgIpc) is 2.57. The lowest BCUT2D eigenvalue weighted by Gasteiger charge is -2.00. The van der Waals surface area contributed by atoms with Crippen LogP contribution >= 0.6 is 0 Å². The molecule has 0 bridgehead atoms. The summed E-state index contributed by atoms with van der Waals surface area (Å²) in [7, 11) is 0. The lowest BCUT2D eigenvalue weighted by Crippen LogP contribution is -2.24. The maximum atomic E-state index is 11.6. The molecule has 0 unspecified atom stereocenters. The standard InChI is InChI=1S/C12H10N2O2/c1-6-2-3-7-5-9-10(8(7)4-6)13-12(16)14-11(9)15/h2-4H,5H2,1H3,(H2,13,14,15,16). The first-order valence-corrected chi connectivity index (χ1v) is 5.10. The van der Waals surface area contributed by atoms with Crippen molar-refractivity contribution in [3.05, 3.63) is 55.7 Å². The van der Waals surface area contributed by atoms with E-state index < -0.39 is 5.69 Å². The van der Waals surface area contributed by atoms with Crippen LogP contribution in [0.4, 0.5) is 0 Å². The predicted molar refractivity (Wildman–Crippen MR) is 60.7 cm³/mol. The zero-order chi connectivity index (χ0) is 11.3. The predicted octanol–water partition coefficient (Wildman–Crippen LogP) is 0.943. The molecule has 3 rings (SSSR count). The molecule has 0 fully saturated rings. The molecule has 1 aliphatic rings. The van der Waals surface area contributed by atoms with Crippen LogP contribution in [0.25, 0.3) is 11.3 Å². The zero-order valence-electron chi connectivity index (χ0n) is 8.76. The van der Waals surface area contributed by atoms with Crippen LogP contribution in [0.15, 0.2) is 27.8 Å². The Labute approximate surface area is 91.0 Å². The van der Waals surface area contributed by atoms with Gasteiger partial charge >= 0.3 is 5.69 Å². The van der Waals surface area contributed by atoms with Crippen LogP contribution in [-0.2, 0) is 6.42 Å². The minimum absolute atomic E-state index is 0.285. The van der Waals surface area contributed by atoms with Crippen LogP contribution in [0.2, 0.25) is 0 Å². The Hall–Kier alpha value is -2.10. The molecule has 1 aromatic carbocycles. The van der Waals surface area contributed by atoms with Crippen molar-refractivity contribution in [1.29, 1.82) is 0 Å². The van der Waals surface area contributed by atoms with E-state index in [4.69, 9.17) is 0 Å². The van der Waals surface area contributed by atoms with Gasteiger partial charge in [-0.25, -0.2) is 4.79 Å². The van der Waals surface area contributed by atoms with Crippen LogP contribution in [0.3, 0.4) is 0 Å². The molecule has 0 spiro atoms. The van der Waals surface area contributed by atoms with Gasteiger partial charge in [0.25, 0.3) is 5.56 Å². The number of hydrogen-bond acceptors (Lipinski definition) is 2. The summed E-state index contributed by atoms with van der Waals surface area (Å²) >= 11 is 0. The lowest BCUT2D eigenvalue weighted by molar-refractivity contribution is 1.01. The second-order valence-electron chi connectivity index (χ2n) is 4.10. The molecule has 0 aliphatic heterocycles. The van der Waals surface area contributed by atoms with Gasteiger partial charge in [-0.1, -0.05) is 17.7 Å². The van der Waals surface area contributed by atoms with Crippen molar-refractivity contribution in [2.24, 2.45) is 0 Å². The molecule has 2 N–H and O–H groups in total. The van der Waals surface area contributed by atoms with Crippen LogP contribution in [0.5, 0.6) is 0 Å². The van der Waals surface area contributed by atoms with Gasteiger partial charge in [-0.2, -0.15) is 0 Å². The summed E-state index contributed by atoms with van der Waals surface area (Å²) in [5.74, 6) is 0. The smallest absolute Gasteiger partial charge is 0.307 e. The Balaban J connectivity index is 2.40. The summed E-state index contributed by atoms with van der Waals surface area (Å²) < 4.78 is 0. The van der Waals surface area contributed by atoms with E-state index in [0.29, 0.717) is 17.7 Å². The Morgan fingerprint density at radius 1 is 1.19 bits per heavy atom. The molecule has 1 heterocycles. The summed E-state index contributed by atoms with van der Waals surface area (Å²) in [6.45, 7) is 1.99. The maximum absolute atomic E-state index is 11.6. The number of hydrogen-bond donors (Lipinski definition) is 2. The molecule has 0 saturated heterocycles. The molecule has 0 saturated carbocycles. The van der Waals surface area contributed by atoms with Gasteiger partial charge in [-0.15, -0.1) is 0 Å². The SMILES string of the molecule is Cc1ccc2c(c1)-c1[nH]c(=O)[nH]c(=O)c1C2. The molecule has 1 aromatic heterocycles. The largest absolute Gasteiger partial charge is 0.326 e. The number of H-pyrrole nitrogens is 2. The average molecular weight is 214 g/mol. The van der Waals surface area contributed by atoms with Crippen molar-refractivity contribution >= 4 is 0 Å². The van der Waals surface area contributed by atoms with Gasteiger partial charge in [0, 0.05) is 17.5 Å². The van der Waals surface area contributed by atoms with Crippen LogP contribution in [0.1, 0.15) is 16.7 Å². The first-order valence-electron chi connectivity index (χ1n) is 5.10. The van der Waals surface area contributed by atoms with E-state index in [1.165, 1.54) is 0 Å². The molecule has 2 aromatic rings. The normalized spacial score (nSPS) is 12.3. The zero-order valence-corrected chi connectivity index (χ0v) is 8.76. The van der Waals surface area contributed by atoms with E-state index >= 15 is 0 Å². The Morgan fingerprint density at radius 2 is 2.00 bits per heavy atom. The number of aromatic nitrogens is 2. The van der Waals surface area contributed by atoms with Crippen LogP contribution in [0, 0.1) is 6.92 Å². The minimum Gasteiger partial charge on any atom is -0.307 e. The molecule has 0 amide bonds. The second-order valence-corrected chi connectivity index (χ2v) is 4.10. The van der Waals surface area contributed by atoms with E-state index in [9.17, 15) is 9.59 Å². The van der Waals surface area contributed by atoms with Gasteiger partial charge in [-0.05, 0) is 18.6 Å². The van der Waals surface area contributed by atoms with E-state index in [1.54, 1.807) is 0 Å². The molecule has 0 atom stereocenters. The summed E-state index contributed by atoms with van der Waals surface area (Å²) in [5.41, 5.74) is 3.78. The summed E-state index contributed by atoms with van der Waals surface area (Å²) in [4.78, 5) is 27.8. The Kier molecular flexibility index (Phi) is 1.68. The molecule has 1 aliphatic carbocycles. The summed E-state index contributed by atoms with van der Waals surface area (Å²) in [5, 5.41) is 0. The highest BCUT2D eigenvalue weighted by molar-refractivity contribution is 5.73. The van der Waals surface area contributed by atoms with Gasteiger partial charge < -0.3 is 4.98 Å². The Morgan fingerprint density at radius 3 is 2.81 bits per heavy atom. The summed E-state index contributed by atoms with van der Waals surface area (Å²) in [6, 6.07) is 6.01. The van der Waals surface area contributed by atoms with Gasteiger partial charge in [0.05, 0.1) is 5.69 Å². The number of benzene rings is 1. The topological polar surface area (TPSA) is 65.7 Å². The maximum Gasteiger partial charge on any atom is 0.326 e. The molecule has 4 heteroatoms. The third-order valence-corrected chi connectivity index (χ3v) is 2.94. The molecule has 80 valence electrons. The van der Waals surface area contributed by atoms with E-state index in [0.717, 1.165) is 16.7 Å². The van der Waals surface area contributed by atoms with E-state index in [-0.39, 0.29) is 5.56 Å². The first-order chi connectivity index (χ1) is 7.65. The highest BCUT2D eigenvalue weighted by Crippen LogP contribution is 2.32. The third kappa shape index (κ3) is 1.16. The lowest BCUT2D eigenvalue weighted by atomic mass is 10.1. The van der Waals surface area contributed by atoms with E-state index in [2.05, 4.69) is 9.97 Å². The highest BCUT2D eigenvalue weighted by Gasteiger charge is 2.22. The first kappa shape index (κ1) is 9.15. The fourth-order valence-electron chi connectivity index (χ4n) is 2.18. The third-order valence-electron chi connectivity index (χ3n) is 2.94. The monoisotopic (exact) mass is 214 g/mol. The quantitative estimate of drug-likeness (QED) is 0.585. The molecule has 4 nitrogen and oxygen atoms in total. The van der Waals surface area contributed by atoms with Crippen molar-refractivity contribution in [2.45, 2.75) is 13.3 Å². The Bertz CT molecular complexity index is 695. The fraction of sp³-hybridized carbons (Fsp3) is 0.167. The van der Waals surface area contributed by atoms with Gasteiger partial charge in [0.1, 0.15) is 0 Å². The number of nitrogens with one attached hydrogen (secondary N) is 2. The van der Waals surface area contributed by atoms with Crippen LogP contribution < -0.4 is 11.2 Å². The molecule has 0 radical (unpaired) electrons. The van der Waals surface area contributed by atoms with Crippen molar-refractivity contribution in [3.8, 4) is 11.3 Å². The number of rotatable bonds is 0. The molecular weight excluding hydrogens is 204 g/mol. The molecular formula is C12H10N2O2. The number of aromatic amines is 2. The van der Waals surface area contributed by atoms with Gasteiger partial charge in [0.15, 0.2) is 0 Å². The number of aryl methyl sites for hydroxylation is 1. The van der Waals surface area contributed by atoms with Gasteiger partial charge in [0.2, 0.25) is 0 Å². The summed E-state index contributed by atoms with van der Waals surface area (Å²) in [6.07, 6.45) is 0.594. The fourth-order valence-corrected chi connectivity index (χ4v) is 2.18. The minimum atomic E-state index is -0.446. The molecule has 16 heavy (non-hydrogen) atoms. The number of fused-ring (bicyclic) bond motifs is 3. The highest BCUT2D eigenvalue weighted by atomic mass is 16.2.